The van der Waals surface area contributed by atoms with Crippen LogP contribution >= 0.6 is 24.0 Å². The molecule has 2 heterocycles. The van der Waals surface area contributed by atoms with Crippen LogP contribution in [-0.2, 0) is 4.79 Å². The monoisotopic (exact) mass is 333 g/mol. The zero-order valence-corrected chi connectivity index (χ0v) is 13.4. The molecule has 3 rings (SSSR count). The summed E-state index contributed by atoms with van der Waals surface area (Å²) in [6.45, 7) is 0. The molecule has 22 heavy (non-hydrogen) atoms. The number of carbonyl (C=O) groups excluding carboxylic acids is 1. The highest BCUT2D eigenvalue weighted by Crippen LogP contribution is 2.31. The molecule has 0 unspecified atom stereocenters. The van der Waals surface area contributed by atoms with Gasteiger partial charge in [0.15, 0.2) is 5.43 Å². The first-order valence-electron chi connectivity index (χ1n) is 6.32. The fraction of sp³-hybridized carbons (Fsp3) is 0.133. The van der Waals surface area contributed by atoms with Crippen LogP contribution in [0.25, 0.3) is 17.0 Å². The maximum Gasteiger partial charge on any atom is 0.265 e. The van der Waals surface area contributed by atoms with Crippen molar-refractivity contribution in [3.8, 4) is 5.75 Å². The van der Waals surface area contributed by atoms with E-state index in [0.717, 1.165) is 11.8 Å². The van der Waals surface area contributed by atoms with Crippen molar-refractivity contribution in [3.05, 3.63) is 45.2 Å². The summed E-state index contributed by atoms with van der Waals surface area (Å²) in [4.78, 5) is 26.3. The van der Waals surface area contributed by atoms with Crippen molar-refractivity contribution in [2.24, 2.45) is 0 Å². The number of carbonyl (C=O) groups is 1. The molecule has 1 fully saturated rings. The van der Waals surface area contributed by atoms with Crippen LogP contribution in [0.3, 0.4) is 0 Å². The van der Waals surface area contributed by atoms with Crippen molar-refractivity contribution in [2.75, 3.05) is 14.2 Å². The van der Waals surface area contributed by atoms with Crippen LogP contribution in [0.4, 0.5) is 0 Å². The summed E-state index contributed by atoms with van der Waals surface area (Å²) in [5.41, 5.74) is 0.544. The van der Waals surface area contributed by atoms with Gasteiger partial charge in [-0.1, -0.05) is 24.0 Å². The molecule has 1 aliphatic heterocycles. The van der Waals surface area contributed by atoms with Gasteiger partial charge in [-0.15, -0.1) is 0 Å². The van der Waals surface area contributed by atoms with Crippen LogP contribution in [0.15, 0.2) is 38.6 Å². The number of hydrogen-bond acceptors (Lipinski definition) is 6. The van der Waals surface area contributed by atoms with Gasteiger partial charge in [-0.2, -0.15) is 0 Å². The quantitative estimate of drug-likeness (QED) is 0.622. The second kappa shape index (κ2) is 5.58. The number of amides is 1. The van der Waals surface area contributed by atoms with Crippen LogP contribution in [-0.4, -0.2) is 29.3 Å². The second-order valence-electron chi connectivity index (χ2n) is 4.62. The van der Waals surface area contributed by atoms with E-state index in [-0.39, 0.29) is 11.3 Å². The van der Waals surface area contributed by atoms with E-state index in [0.29, 0.717) is 31.5 Å². The van der Waals surface area contributed by atoms with Gasteiger partial charge in [0.25, 0.3) is 5.91 Å². The Morgan fingerprint density at radius 1 is 1.36 bits per heavy atom. The molecular weight excluding hydrogens is 322 g/mol. The number of likely N-dealkylation sites (N-methyl/N-ethyl adjacent to an activating group) is 1. The van der Waals surface area contributed by atoms with E-state index < -0.39 is 0 Å². The highest BCUT2D eigenvalue weighted by Gasteiger charge is 2.29. The maximum atomic E-state index is 12.5. The molecule has 1 aliphatic rings. The molecule has 0 atom stereocenters. The Labute approximate surface area is 135 Å². The Morgan fingerprint density at radius 2 is 2.14 bits per heavy atom. The highest BCUT2D eigenvalue weighted by atomic mass is 32.2. The molecule has 1 aromatic heterocycles. The lowest BCUT2D eigenvalue weighted by atomic mass is 10.1. The molecule has 2 aromatic rings. The van der Waals surface area contributed by atoms with E-state index in [9.17, 15) is 9.59 Å². The lowest BCUT2D eigenvalue weighted by Crippen LogP contribution is -2.22. The summed E-state index contributed by atoms with van der Waals surface area (Å²) < 4.78 is 11.0. The zero-order chi connectivity index (χ0) is 15.9. The van der Waals surface area contributed by atoms with Gasteiger partial charge in [-0.3, -0.25) is 14.5 Å². The number of thioether (sulfide) groups is 1. The summed E-state index contributed by atoms with van der Waals surface area (Å²) >= 11 is 6.23. The van der Waals surface area contributed by atoms with Gasteiger partial charge < -0.3 is 9.15 Å². The number of benzene rings is 1. The molecule has 5 nitrogen and oxygen atoms in total. The van der Waals surface area contributed by atoms with Crippen molar-refractivity contribution in [1.29, 1.82) is 0 Å². The molecule has 1 saturated heterocycles. The van der Waals surface area contributed by atoms with Crippen molar-refractivity contribution in [2.45, 2.75) is 0 Å². The summed E-state index contributed by atoms with van der Waals surface area (Å²) in [7, 11) is 3.13. The Hall–Kier alpha value is -2.12. The summed E-state index contributed by atoms with van der Waals surface area (Å²) in [5, 5.41) is 0.403. The zero-order valence-electron chi connectivity index (χ0n) is 11.8. The predicted molar refractivity (Wildman–Crippen MR) is 90.0 cm³/mol. The summed E-state index contributed by atoms with van der Waals surface area (Å²) in [6.07, 6.45) is 2.85. The SMILES string of the molecule is COc1ccc2occ(/C=C3\SC(=S)N(C)C3=O)c(=O)c2c1. The normalized spacial score (nSPS) is 16.8. The summed E-state index contributed by atoms with van der Waals surface area (Å²) in [5.74, 6) is 0.344. The van der Waals surface area contributed by atoms with E-state index in [2.05, 4.69) is 0 Å². The standard InChI is InChI=1S/C15H11NO4S2/c1-16-14(18)12(22-15(16)21)5-8-7-20-11-4-3-9(19-2)6-10(11)13(8)17/h3-7H,1-2H3/b12-5-. The number of fused-ring (bicyclic) bond motifs is 1. The Balaban J connectivity index is 2.13. The predicted octanol–water partition coefficient (Wildman–Crippen LogP) is 2.63. The molecule has 0 bridgehead atoms. The van der Waals surface area contributed by atoms with Crippen molar-refractivity contribution in [1.82, 2.24) is 4.90 Å². The summed E-state index contributed by atoms with van der Waals surface area (Å²) in [6, 6.07) is 5.00. The van der Waals surface area contributed by atoms with Gasteiger partial charge in [0.05, 0.1) is 23.0 Å². The molecule has 0 radical (unpaired) electrons. The van der Waals surface area contributed by atoms with Gasteiger partial charge >= 0.3 is 0 Å². The van der Waals surface area contributed by atoms with Gasteiger partial charge in [0, 0.05) is 7.05 Å². The minimum atomic E-state index is -0.222. The van der Waals surface area contributed by atoms with Crippen LogP contribution < -0.4 is 10.2 Å². The number of ether oxygens (including phenoxy) is 1. The highest BCUT2D eigenvalue weighted by molar-refractivity contribution is 8.26. The van der Waals surface area contributed by atoms with E-state index >= 15 is 0 Å². The van der Waals surface area contributed by atoms with Gasteiger partial charge in [0.1, 0.15) is 21.9 Å². The first-order valence-corrected chi connectivity index (χ1v) is 7.55. The minimum Gasteiger partial charge on any atom is -0.497 e. The van der Waals surface area contributed by atoms with Crippen molar-refractivity contribution in [3.63, 3.8) is 0 Å². The third-order valence-electron chi connectivity index (χ3n) is 3.28. The van der Waals surface area contributed by atoms with E-state index in [1.54, 1.807) is 25.2 Å². The van der Waals surface area contributed by atoms with E-state index in [1.165, 1.54) is 24.3 Å². The average Bonchev–Trinajstić information content (AvgIpc) is 2.77. The lowest BCUT2D eigenvalue weighted by Gasteiger charge is -2.04. The molecule has 0 saturated carbocycles. The number of thiocarbonyl (C=S) groups is 1. The first-order chi connectivity index (χ1) is 10.5. The second-order valence-corrected chi connectivity index (χ2v) is 6.30. The smallest absolute Gasteiger partial charge is 0.265 e. The molecule has 0 aliphatic carbocycles. The molecule has 112 valence electrons. The topological polar surface area (TPSA) is 59.8 Å². The largest absolute Gasteiger partial charge is 0.497 e. The van der Waals surface area contributed by atoms with Crippen molar-refractivity contribution >= 4 is 51.3 Å². The molecule has 1 amide bonds. The van der Waals surface area contributed by atoms with Crippen LogP contribution in [0.1, 0.15) is 5.56 Å². The average molecular weight is 333 g/mol. The maximum absolute atomic E-state index is 12.5. The van der Waals surface area contributed by atoms with Crippen molar-refractivity contribution < 1.29 is 13.9 Å². The fourth-order valence-electron chi connectivity index (χ4n) is 2.04. The fourth-order valence-corrected chi connectivity index (χ4v) is 3.21. The third-order valence-corrected chi connectivity index (χ3v) is 4.76. The molecule has 7 heteroatoms. The number of rotatable bonds is 2. The molecular formula is C15H11NO4S2. The van der Waals surface area contributed by atoms with Gasteiger partial charge in [-0.05, 0) is 24.3 Å². The minimum absolute atomic E-state index is 0.221. The number of nitrogens with zero attached hydrogens (tertiary/aromatic N) is 1. The number of hydrogen-bond donors (Lipinski definition) is 0. The van der Waals surface area contributed by atoms with Gasteiger partial charge in [0.2, 0.25) is 0 Å². The van der Waals surface area contributed by atoms with Crippen LogP contribution in [0.2, 0.25) is 0 Å². The molecule has 0 N–H and O–H groups in total. The lowest BCUT2D eigenvalue weighted by molar-refractivity contribution is -0.121. The Morgan fingerprint density at radius 3 is 2.77 bits per heavy atom. The van der Waals surface area contributed by atoms with E-state index in [1.807, 2.05) is 0 Å². The number of methoxy groups -OCH3 is 1. The molecule has 1 aromatic carbocycles. The van der Waals surface area contributed by atoms with Gasteiger partial charge in [-0.25, -0.2) is 0 Å². The Kier molecular flexibility index (Phi) is 3.76. The first kappa shape index (κ1) is 14.8. The van der Waals surface area contributed by atoms with Crippen LogP contribution in [0.5, 0.6) is 5.75 Å². The van der Waals surface area contributed by atoms with Crippen LogP contribution in [0, 0.1) is 0 Å². The third kappa shape index (κ3) is 2.42. The Bertz CT molecular complexity index is 885. The molecule has 0 spiro atoms. The van der Waals surface area contributed by atoms with E-state index in [4.69, 9.17) is 21.4 Å².